The summed E-state index contributed by atoms with van der Waals surface area (Å²) in [4.78, 5) is 32.8. The van der Waals surface area contributed by atoms with E-state index in [0.717, 1.165) is 28.6 Å². The van der Waals surface area contributed by atoms with Crippen molar-refractivity contribution in [3.63, 3.8) is 0 Å². The number of methoxy groups -OCH3 is 1. The summed E-state index contributed by atoms with van der Waals surface area (Å²) in [5.41, 5.74) is 1.79. The molecule has 206 valence electrons. The molecule has 0 bridgehead atoms. The number of benzene rings is 2. The molecule has 2 aromatic carbocycles. The fourth-order valence-corrected chi connectivity index (χ4v) is 4.38. The molecule has 1 N–H and O–H groups in total. The lowest BCUT2D eigenvalue weighted by Gasteiger charge is -2.27. The van der Waals surface area contributed by atoms with Gasteiger partial charge in [0.2, 0.25) is 5.91 Å². The molecule has 0 aliphatic carbocycles. The maximum Gasteiger partial charge on any atom is 0.416 e. The number of aromatic nitrogens is 1. The first kappa shape index (κ1) is 28.0. The van der Waals surface area contributed by atoms with Crippen molar-refractivity contribution in [2.24, 2.45) is 0 Å². The monoisotopic (exact) mass is 541 g/mol. The van der Waals surface area contributed by atoms with Crippen molar-refractivity contribution in [2.75, 3.05) is 33.4 Å². The van der Waals surface area contributed by atoms with Crippen LogP contribution in [0.5, 0.6) is 0 Å². The highest BCUT2D eigenvalue weighted by Crippen LogP contribution is 2.29. The third-order valence-electron chi connectivity index (χ3n) is 6.46. The number of para-hydroxylation sites is 1. The van der Waals surface area contributed by atoms with E-state index in [-0.39, 0.29) is 31.3 Å². The number of nitrogens with one attached hydrogen (secondary N) is 1. The van der Waals surface area contributed by atoms with Crippen molar-refractivity contribution in [2.45, 2.75) is 25.6 Å². The van der Waals surface area contributed by atoms with E-state index in [1.54, 1.807) is 18.1 Å². The number of rotatable bonds is 12. The van der Waals surface area contributed by atoms with Gasteiger partial charge in [0.1, 0.15) is 6.54 Å². The molecular weight excluding hydrogens is 511 g/mol. The highest BCUT2D eigenvalue weighted by molar-refractivity contribution is 5.94. The molecule has 10 heteroatoms. The van der Waals surface area contributed by atoms with Crippen LogP contribution in [-0.4, -0.2) is 59.9 Å². The Hall–Kier alpha value is -4.05. The quantitative estimate of drug-likeness (QED) is 0.239. The number of hydrogen-bond donors (Lipinski definition) is 1. The first-order valence-corrected chi connectivity index (χ1v) is 12.6. The fourth-order valence-electron chi connectivity index (χ4n) is 4.38. The van der Waals surface area contributed by atoms with Crippen LogP contribution in [0.15, 0.2) is 77.5 Å². The maximum absolute atomic E-state index is 13.6. The van der Waals surface area contributed by atoms with Crippen molar-refractivity contribution in [3.8, 4) is 0 Å². The summed E-state index contributed by atoms with van der Waals surface area (Å²) in [6.07, 6.45) is -0.127. The van der Waals surface area contributed by atoms with E-state index in [0.29, 0.717) is 31.6 Å². The molecular formula is C29H30F3N3O4. The van der Waals surface area contributed by atoms with Gasteiger partial charge in [0.25, 0.3) is 5.91 Å². The Labute approximate surface area is 224 Å². The number of carbonyl (C=O) groups excluding carboxylic acids is 2. The number of ether oxygens (including phenoxy) is 1. The predicted molar refractivity (Wildman–Crippen MR) is 140 cm³/mol. The zero-order valence-corrected chi connectivity index (χ0v) is 21.5. The molecule has 7 nitrogen and oxygen atoms in total. The summed E-state index contributed by atoms with van der Waals surface area (Å²) in [6.45, 7) is 0.877. The topological polar surface area (TPSA) is 78.8 Å². The van der Waals surface area contributed by atoms with Crippen LogP contribution in [-0.2, 0) is 28.7 Å². The number of hydrogen-bond acceptors (Lipinski definition) is 4. The number of aromatic amines is 1. The summed E-state index contributed by atoms with van der Waals surface area (Å²) in [6, 6.07) is 15.7. The average Bonchev–Trinajstić information content (AvgIpc) is 3.60. The van der Waals surface area contributed by atoms with Crippen molar-refractivity contribution in [1.29, 1.82) is 0 Å². The molecule has 0 radical (unpaired) electrons. The van der Waals surface area contributed by atoms with Crippen LogP contribution in [0.4, 0.5) is 13.2 Å². The van der Waals surface area contributed by atoms with Crippen molar-refractivity contribution >= 4 is 22.7 Å². The largest absolute Gasteiger partial charge is 0.459 e. The van der Waals surface area contributed by atoms with Gasteiger partial charge in [-0.2, -0.15) is 13.2 Å². The SMILES string of the molecule is COCCCN(CC(=O)N(CCc1c[nH]c2ccccc12)Cc1ccc(C(F)(F)F)cc1)C(=O)c1ccco1. The Morgan fingerprint density at radius 2 is 1.74 bits per heavy atom. The number of halogens is 3. The smallest absolute Gasteiger partial charge is 0.416 e. The van der Waals surface area contributed by atoms with Gasteiger partial charge >= 0.3 is 6.18 Å². The zero-order valence-electron chi connectivity index (χ0n) is 21.5. The van der Waals surface area contributed by atoms with Crippen LogP contribution in [0.25, 0.3) is 10.9 Å². The Morgan fingerprint density at radius 3 is 2.44 bits per heavy atom. The minimum absolute atomic E-state index is 0.0974. The van der Waals surface area contributed by atoms with E-state index in [1.807, 2.05) is 30.5 Å². The second-order valence-electron chi connectivity index (χ2n) is 9.17. The lowest BCUT2D eigenvalue weighted by molar-refractivity contribution is -0.137. The van der Waals surface area contributed by atoms with Gasteiger partial charge in [-0.1, -0.05) is 30.3 Å². The molecule has 0 unspecified atom stereocenters. The average molecular weight is 542 g/mol. The van der Waals surface area contributed by atoms with Crippen molar-refractivity contribution < 1.29 is 31.9 Å². The van der Waals surface area contributed by atoms with Gasteiger partial charge in [-0.3, -0.25) is 9.59 Å². The highest BCUT2D eigenvalue weighted by Gasteiger charge is 2.30. The zero-order chi connectivity index (χ0) is 27.8. The van der Waals surface area contributed by atoms with E-state index in [2.05, 4.69) is 4.98 Å². The van der Waals surface area contributed by atoms with E-state index in [1.165, 1.54) is 29.4 Å². The van der Waals surface area contributed by atoms with Crippen LogP contribution >= 0.6 is 0 Å². The van der Waals surface area contributed by atoms with Gasteiger partial charge in [-0.05, 0) is 54.3 Å². The third kappa shape index (κ3) is 7.29. The van der Waals surface area contributed by atoms with Crippen molar-refractivity contribution in [3.05, 3.63) is 95.6 Å². The van der Waals surface area contributed by atoms with E-state index in [9.17, 15) is 22.8 Å². The molecule has 4 rings (SSSR count). The lowest BCUT2D eigenvalue weighted by Crippen LogP contribution is -2.44. The molecule has 0 atom stereocenters. The summed E-state index contributed by atoms with van der Waals surface area (Å²) in [5.74, 6) is -0.629. The molecule has 0 saturated carbocycles. The Kier molecular flexibility index (Phi) is 9.08. The number of H-pyrrole nitrogens is 1. The minimum atomic E-state index is -4.45. The van der Waals surface area contributed by atoms with Gasteiger partial charge in [-0.15, -0.1) is 0 Å². The highest BCUT2D eigenvalue weighted by atomic mass is 19.4. The minimum Gasteiger partial charge on any atom is -0.459 e. The van der Waals surface area contributed by atoms with Crippen LogP contribution < -0.4 is 0 Å². The van der Waals surface area contributed by atoms with Crippen molar-refractivity contribution in [1.82, 2.24) is 14.8 Å². The van der Waals surface area contributed by atoms with Crippen LogP contribution in [0.3, 0.4) is 0 Å². The number of furan rings is 1. The van der Waals surface area contributed by atoms with Crippen LogP contribution in [0.1, 0.15) is 33.7 Å². The molecule has 4 aromatic rings. The van der Waals surface area contributed by atoms with Gasteiger partial charge in [-0.25, -0.2) is 0 Å². The van der Waals surface area contributed by atoms with Gasteiger partial charge in [0.05, 0.1) is 11.8 Å². The molecule has 0 aliphatic heterocycles. The van der Waals surface area contributed by atoms with Gasteiger partial charge < -0.3 is 23.9 Å². The molecule has 0 aliphatic rings. The lowest BCUT2D eigenvalue weighted by atomic mass is 10.1. The van der Waals surface area contributed by atoms with Gasteiger partial charge in [0.15, 0.2) is 5.76 Å². The van der Waals surface area contributed by atoms with E-state index in [4.69, 9.17) is 9.15 Å². The number of amides is 2. The van der Waals surface area contributed by atoms with Crippen LogP contribution in [0.2, 0.25) is 0 Å². The predicted octanol–water partition coefficient (Wildman–Crippen LogP) is 5.53. The first-order chi connectivity index (χ1) is 18.8. The summed E-state index contributed by atoms with van der Waals surface area (Å²) < 4.78 is 49.5. The molecule has 2 amide bonds. The Balaban J connectivity index is 1.54. The summed E-state index contributed by atoms with van der Waals surface area (Å²) >= 11 is 0. The first-order valence-electron chi connectivity index (χ1n) is 12.6. The molecule has 0 saturated heterocycles. The number of nitrogens with zero attached hydrogens (tertiary/aromatic N) is 2. The van der Waals surface area contributed by atoms with Gasteiger partial charge in [0, 0.05) is 50.5 Å². The normalized spacial score (nSPS) is 11.6. The second-order valence-corrected chi connectivity index (χ2v) is 9.17. The van der Waals surface area contributed by atoms with Crippen LogP contribution in [0, 0.1) is 0 Å². The molecule has 39 heavy (non-hydrogen) atoms. The standard InChI is InChI=1S/C29H30F3N3O4/c1-38-16-5-14-35(28(37)26-8-4-17-39-26)20-27(36)34(19-21-9-11-23(12-10-21)29(30,31)32)15-13-22-18-33-25-7-3-2-6-24(22)25/h2-4,6-12,17-18,33H,5,13-16,19-20H2,1H3. The number of fused-ring (bicyclic) bond motifs is 1. The molecule has 2 aromatic heterocycles. The summed E-state index contributed by atoms with van der Waals surface area (Å²) in [5, 5.41) is 1.04. The molecule has 0 spiro atoms. The Morgan fingerprint density at radius 1 is 0.974 bits per heavy atom. The molecule has 2 heterocycles. The maximum atomic E-state index is 13.6. The van der Waals surface area contributed by atoms with E-state index >= 15 is 0 Å². The number of carbonyl (C=O) groups is 2. The molecule has 0 fully saturated rings. The number of alkyl halides is 3. The Bertz CT molecular complexity index is 1360. The summed E-state index contributed by atoms with van der Waals surface area (Å²) in [7, 11) is 1.56. The fraction of sp³-hybridized carbons (Fsp3) is 0.310. The second kappa shape index (κ2) is 12.7. The third-order valence-corrected chi connectivity index (χ3v) is 6.46. The van der Waals surface area contributed by atoms with E-state index < -0.39 is 17.6 Å².